The minimum absolute atomic E-state index is 0.0451. The smallest absolute Gasteiger partial charge is 0.0573 e. The van der Waals surface area contributed by atoms with Crippen LogP contribution >= 0.6 is 0 Å². The number of fused-ring (bicyclic) bond motifs is 1. The molecule has 0 heterocycles. The van der Waals surface area contributed by atoms with Gasteiger partial charge in [0.25, 0.3) is 0 Å². The molecule has 9 heavy (non-hydrogen) atoms. The van der Waals surface area contributed by atoms with Gasteiger partial charge in [-0.1, -0.05) is 13.3 Å². The molecule has 2 fully saturated rings. The monoisotopic (exact) mass is 126 g/mol. The van der Waals surface area contributed by atoms with Crippen molar-refractivity contribution >= 4 is 0 Å². The molecule has 0 bridgehead atoms. The van der Waals surface area contributed by atoms with Gasteiger partial charge in [-0.3, -0.25) is 0 Å². The third kappa shape index (κ3) is 0.710. The van der Waals surface area contributed by atoms with Crippen LogP contribution in [0.15, 0.2) is 0 Å². The van der Waals surface area contributed by atoms with Crippen LogP contribution in [-0.4, -0.2) is 11.2 Å². The van der Waals surface area contributed by atoms with Gasteiger partial charge < -0.3 is 5.11 Å². The maximum atomic E-state index is 9.38. The predicted octanol–water partition coefficient (Wildman–Crippen LogP) is 1.56. The van der Waals surface area contributed by atoms with E-state index in [0.29, 0.717) is 11.3 Å². The summed E-state index contributed by atoms with van der Waals surface area (Å²) in [6.07, 6.45) is 4.99. The molecule has 1 heteroatoms. The van der Waals surface area contributed by atoms with E-state index >= 15 is 0 Å². The molecule has 2 aliphatic carbocycles. The summed E-state index contributed by atoms with van der Waals surface area (Å²) in [6.45, 7) is 2.31. The maximum Gasteiger partial charge on any atom is 0.0573 e. The van der Waals surface area contributed by atoms with E-state index in [4.69, 9.17) is 0 Å². The van der Waals surface area contributed by atoms with Gasteiger partial charge >= 0.3 is 0 Å². The summed E-state index contributed by atoms with van der Waals surface area (Å²) in [4.78, 5) is 0. The fraction of sp³-hybridized carbons (Fsp3) is 1.00. The molecule has 0 amide bonds. The van der Waals surface area contributed by atoms with E-state index < -0.39 is 0 Å². The van der Waals surface area contributed by atoms with Crippen LogP contribution in [0.3, 0.4) is 0 Å². The lowest BCUT2D eigenvalue weighted by Gasteiger charge is -2.21. The van der Waals surface area contributed by atoms with Gasteiger partial charge in [-0.15, -0.1) is 0 Å². The highest BCUT2D eigenvalue weighted by molar-refractivity contribution is 5.04. The Hall–Kier alpha value is -0.0400. The third-order valence-corrected chi connectivity index (χ3v) is 3.13. The van der Waals surface area contributed by atoms with Crippen molar-refractivity contribution in [3.8, 4) is 0 Å². The molecule has 0 saturated heterocycles. The molecule has 0 radical (unpaired) electrons. The summed E-state index contributed by atoms with van der Waals surface area (Å²) in [5.41, 5.74) is 0.567. The molecule has 2 rings (SSSR count). The highest BCUT2D eigenvalue weighted by Gasteiger charge is 2.54. The first kappa shape index (κ1) is 5.72. The highest BCUT2D eigenvalue weighted by atomic mass is 16.3. The number of hydrogen-bond donors (Lipinski definition) is 1. The molecular weight excluding hydrogens is 112 g/mol. The summed E-state index contributed by atoms with van der Waals surface area (Å²) in [6, 6.07) is 0. The summed E-state index contributed by atoms with van der Waals surface area (Å²) in [5.74, 6) is 0.672. The van der Waals surface area contributed by atoms with E-state index in [-0.39, 0.29) is 6.10 Å². The van der Waals surface area contributed by atoms with E-state index in [0.717, 1.165) is 6.42 Å². The van der Waals surface area contributed by atoms with Crippen molar-refractivity contribution in [2.24, 2.45) is 11.3 Å². The minimum atomic E-state index is 0.0451. The highest BCUT2D eigenvalue weighted by Crippen LogP contribution is 2.60. The quantitative estimate of drug-likeness (QED) is 0.522. The van der Waals surface area contributed by atoms with E-state index in [1.54, 1.807) is 0 Å². The van der Waals surface area contributed by atoms with Crippen LogP contribution in [0.1, 0.15) is 32.6 Å². The zero-order valence-electron chi connectivity index (χ0n) is 5.93. The molecule has 0 aromatic carbocycles. The third-order valence-electron chi connectivity index (χ3n) is 3.13. The summed E-state index contributed by atoms with van der Waals surface area (Å²) >= 11 is 0. The Kier molecular flexibility index (Phi) is 0.963. The molecule has 2 unspecified atom stereocenters. The molecule has 0 aromatic rings. The van der Waals surface area contributed by atoms with Crippen LogP contribution in [0.25, 0.3) is 0 Å². The van der Waals surface area contributed by atoms with Crippen molar-refractivity contribution in [2.45, 2.75) is 38.7 Å². The van der Waals surface area contributed by atoms with Gasteiger partial charge in [0, 0.05) is 0 Å². The number of rotatable bonds is 0. The molecule has 1 N–H and O–H groups in total. The van der Waals surface area contributed by atoms with E-state index in [9.17, 15) is 5.11 Å². The average Bonchev–Trinajstić information content (AvgIpc) is 2.43. The first-order valence-corrected chi connectivity index (χ1v) is 3.90. The van der Waals surface area contributed by atoms with Crippen molar-refractivity contribution in [1.82, 2.24) is 0 Å². The predicted molar refractivity (Wildman–Crippen MR) is 36.1 cm³/mol. The van der Waals surface area contributed by atoms with Crippen LogP contribution in [0, 0.1) is 11.3 Å². The number of hydrogen-bond acceptors (Lipinski definition) is 1. The standard InChI is InChI=1S/C8H14O/c1-8-4-2-3-7(9)6(8)5-8/h6-7,9H,2-5H2,1H3/t6?,7-,8?/m0/s1. The molecule has 2 aliphatic rings. The lowest BCUT2D eigenvalue weighted by Crippen LogP contribution is -2.19. The second-order valence-electron chi connectivity index (χ2n) is 3.92. The molecule has 0 aromatic heterocycles. The lowest BCUT2D eigenvalue weighted by atomic mass is 9.88. The Morgan fingerprint density at radius 1 is 1.56 bits per heavy atom. The van der Waals surface area contributed by atoms with Crippen LogP contribution in [0.2, 0.25) is 0 Å². The fourth-order valence-corrected chi connectivity index (χ4v) is 2.25. The van der Waals surface area contributed by atoms with E-state index in [1.165, 1.54) is 19.3 Å². The van der Waals surface area contributed by atoms with Gasteiger partial charge in [0.1, 0.15) is 0 Å². The Morgan fingerprint density at radius 3 is 2.89 bits per heavy atom. The van der Waals surface area contributed by atoms with Crippen molar-refractivity contribution in [3.05, 3.63) is 0 Å². The van der Waals surface area contributed by atoms with Crippen LogP contribution in [0.5, 0.6) is 0 Å². The zero-order chi connectivity index (χ0) is 6.48. The van der Waals surface area contributed by atoms with Gasteiger partial charge in [-0.25, -0.2) is 0 Å². The topological polar surface area (TPSA) is 20.2 Å². The molecule has 3 atom stereocenters. The number of aliphatic hydroxyl groups is 1. The average molecular weight is 126 g/mol. The van der Waals surface area contributed by atoms with E-state index in [1.807, 2.05) is 0 Å². The Balaban J connectivity index is 2.07. The van der Waals surface area contributed by atoms with Crippen molar-refractivity contribution in [3.63, 3.8) is 0 Å². The fourth-order valence-electron chi connectivity index (χ4n) is 2.25. The van der Waals surface area contributed by atoms with Crippen LogP contribution < -0.4 is 0 Å². The maximum absolute atomic E-state index is 9.38. The van der Waals surface area contributed by atoms with Gasteiger partial charge in [0.05, 0.1) is 6.10 Å². The first-order chi connectivity index (χ1) is 4.22. The van der Waals surface area contributed by atoms with Gasteiger partial charge in [-0.05, 0) is 30.6 Å². The Morgan fingerprint density at radius 2 is 2.33 bits per heavy atom. The molecule has 52 valence electrons. The van der Waals surface area contributed by atoms with Crippen LogP contribution in [-0.2, 0) is 0 Å². The molecular formula is C8H14O. The summed E-state index contributed by atoms with van der Waals surface area (Å²) in [7, 11) is 0. The molecule has 0 aliphatic heterocycles. The molecule has 1 nitrogen and oxygen atoms in total. The van der Waals surface area contributed by atoms with Gasteiger partial charge in [-0.2, -0.15) is 0 Å². The molecule has 0 spiro atoms. The Labute approximate surface area is 56.1 Å². The normalized spacial score (nSPS) is 56.7. The second kappa shape index (κ2) is 1.51. The van der Waals surface area contributed by atoms with Gasteiger partial charge in [0.15, 0.2) is 0 Å². The molecule has 2 saturated carbocycles. The zero-order valence-corrected chi connectivity index (χ0v) is 5.93. The first-order valence-electron chi connectivity index (χ1n) is 3.90. The van der Waals surface area contributed by atoms with Crippen LogP contribution in [0.4, 0.5) is 0 Å². The number of aliphatic hydroxyl groups excluding tert-OH is 1. The summed E-state index contributed by atoms with van der Waals surface area (Å²) < 4.78 is 0. The second-order valence-corrected chi connectivity index (χ2v) is 3.92. The van der Waals surface area contributed by atoms with Crippen molar-refractivity contribution < 1.29 is 5.11 Å². The van der Waals surface area contributed by atoms with E-state index in [2.05, 4.69) is 6.92 Å². The summed E-state index contributed by atoms with van der Waals surface area (Å²) in [5, 5.41) is 9.38. The lowest BCUT2D eigenvalue weighted by molar-refractivity contribution is 0.0977. The van der Waals surface area contributed by atoms with Gasteiger partial charge in [0.2, 0.25) is 0 Å². The van der Waals surface area contributed by atoms with Crippen molar-refractivity contribution in [1.29, 1.82) is 0 Å². The van der Waals surface area contributed by atoms with Crippen molar-refractivity contribution in [2.75, 3.05) is 0 Å². The Bertz CT molecular complexity index is 133. The SMILES string of the molecule is CC12CCC[C@H](O)C1C2. The largest absolute Gasteiger partial charge is 0.393 e. The minimum Gasteiger partial charge on any atom is -0.393 e.